The molecule has 2 aliphatic heterocycles. The summed E-state index contributed by atoms with van der Waals surface area (Å²) in [6.45, 7) is 30.3. The van der Waals surface area contributed by atoms with E-state index in [2.05, 4.69) is 69.0 Å². The van der Waals surface area contributed by atoms with Crippen LogP contribution in [-0.4, -0.2) is 53.3 Å². The summed E-state index contributed by atoms with van der Waals surface area (Å²) in [6.07, 6.45) is 14.0. The Bertz CT molecular complexity index is 699. The van der Waals surface area contributed by atoms with Gasteiger partial charge >= 0.3 is 0 Å². The highest BCUT2D eigenvalue weighted by Crippen LogP contribution is 2.47. The first kappa shape index (κ1) is 30.4. The minimum atomic E-state index is 0.169. The van der Waals surface area contributed by atoms with Crippen LogP contribution in [-0.2, 0) is 0 Å². The van der Waals surface area contributed by atoms with Crippen molar-refractivity contribution in [1.82, 2.24) is 15.1 Å². The second-order valence-electron chi connectivity index (χ2n) is 12.2. The molecule has 0 bridgehead atoms. The summed E-state index contributed by atoms with van der Waals surface area (Å²) in [4.78, 5) is 5.16. The van der Waals surface area contributed by atoms with Gasteiger partial charge in [0.05, 0.1) is 5.03 Å². The van der Waals surface area contributed by atoms with E-state index in [-0.39, 0.29) is 4.75 Å². The molecule has 3 atom stereocenters. The standard InChI is InChI=1S/C29H51N3S.C2H6/c1-8-25-13-9-10-14-26(25)30-27-21-23(2)29(7,33-27)15-11-12-16-31-17-19-32(20-18-31)24(3)22-28(4,5)6;1-2/h21,25-26,30H,2-3,8-20,22H2,1,4-7H3;1-2H3. The molecule has 1 saturated heterocycles. The first-order valence-corrected chi connectivity index (χ1v) is 15.4. The Kier molecular flexibility index (Phi) is 12.3. The Morgan fingerprint density at radius 1 is 1.11 bits per heavy atom. The van der Waals surface area contributed by atoms with E-state index in [1.165, 1.54) is 87.3 Å². The normalized spacial score (nSPS) is 27.8. The summed E-state index contributed by atoms with van der Waals surface area (Å²) < 4.78 is 0.169. The number of nitrogens with zero attached hydrogens (tertiary/aromatic N) is 2. The molecule has 0 radical (unpaired) electrons. The van der Waals surface area contributed by atoms with Crippen LogP contribution < -0.4 is 5.32 Å². The van der Waals surface area contributed by atoms with Crippen molar-refractivity contribution in [3.63, 3.8) is 0 Å². The first-order chi connectivity index (χ1) is 16.6. The molecule has 1 saturated carbocycles. The number of rotatable bonds is 10. The molecular formula is C31H57N3S. The topological polar surface area (TPSA) is 18.5 Å². The molecule has 0 aromatic carbocycles. The highest BCUT2D eigenvalue weighted by atomic mass is 32.2. The summed E-state index contributed by atoms with van der Waals surface area (Å²) in [5.41, 5.74) is 2.96. The van der Waals surface area contributed by atoms with Gasteiger partial charge in [-0.25, -0.2) is 0 Å². The van der Waals surface area contributed by atoms with Gasteiger partial charge in [0.2, 0.25) is 0 Å². The fraction of sp³-hybridized carbons (Fsp3) is 0.806. The lowest BCUT2D eigenvalue weighted by Gasteiger charge is -2.38. The minimum absolute atomic E-state index is 0.169. The fourth-order valence-corrected chi connectivity index (χ4v) is 7.14. The third kappa shape index (κ3) is 9.50. The molecule has 2 fully saturated rings. The predicted molar refractivity (Wildman–Crippen MR) is 159 cm³/mol. The molecule has 1 aliphatic carbocycles. The molecule has 202 valence electrons. The van der Waals surface area contributed by atoms with Crippen LogP contribution in [0.15, 0.2) is 35.5 Å². The van der Waals surface area contributed by atoms with Crippen molar-refractivity contribution in [3.05, 3.63) is 35.5 Å². The van der Waals surface area contributed by atoms with Crippen molar-refractivity contribution in [2.45, 2.75) is 117 Å². The molecule has 3 aliphatic rings. The molecule has 3 nitrogen and oxygen atoms in total. The lowest BCUT2D eigenvalue weighted by Crippen LogP contribution is -2.46. The zero-order valence-electron chi connectivity index (χ0n) is 24.3. The number of piperazine rings is 1. The van der Waals surface area contributed by atoms with Gasteiger partial charge in [-0.3, -0.25) is 4.90 Å². The number of nitrogens with one attached hydrogen (secondary N) is 1. The number of hydrogen-bond acceptors (Lipinski definition) is 4. The summed E-state index contributed by atoms with van der Waals surface area (Å²) >= 11 is 2.04. The van der Waals surface area contributed by atoms with Gasteiger partial charge in [-0.05, 0) is 68.6 Å². The second kappa shape index (κ2) is 14.2. The van der Waals surface area contributed by atoms with Crippen molar-refractivity contribution >= 4 is 11.8 Å². The number of thioether (sulfide) groups is 1. The summed E-state index contributed by atoms with van der Waals surface area (Å²) in [6, 6.07) is 0.663. The van der Waals surface area contributed by atoms with Crippen LogP contribution in [0.5, 0.6) is 0 Å². The molecule has 2 heterocycles. The Hall–Kier alpha value is -0.870. The first-order valence-electron chi connectivity index (χ1n) is 14.6. The molecule has 0 aromatic heterocycles. The zero-order valence-corrected chi connectivity index (χ0v) is 25.2. The average molecular weight is 504 g/mol. The van der Waals surface area contributed by atoms with E-state index >= 15 is 0 Å². The smallest absolute Gasteiger partial charge is 0.0695 e. The zero-order chi connectivity index (χ0) is 26.1. The maximum absolute atomic E-state index is 4.45. The van der Waals surface area contributed by atoms with E-state index in [4.69, 9.17) is 0 Å². The Labute approximate surface area is 223 Å². The summed E-state index contributed by atoms with van der Waals surface area (Å²) in [7, 11) is 0. The molecule has 3 rings (SSSR count). The third-order valence-electron chi connectivity index (χ3n) is 8.01. The van der Waals surface area contributed by atoms with E-state index in [1.54, 1.807) is 0 Å². The Morgan fingerprint density at radius 3 is 2.40 bits per heavy atom. The van der Waals surface area contributed by atoms with Gasteiger partial charge in [0.15, 0.2) is 0 Å². The van der Waals surface area contributed by atoms with E-state index in [0.29, 0.717) is 11.5 Å². The van der Waals surface area contributed by atoms with Crippen molar-refractivity contribution in [3.8, 4) is 0 Å². The van der Waals surface area contributed by atoms with Crippen molar-refractivity contribution < 1.29 is 0 Å². The van der Waals surface area contributed by atoms with Crippen LogP contribution in [0.2, 0.25) is 0 Å². The predicted octanol–water partition coefficient (Wildman–Crippen LogP) is 8.21. The van der Waals surface area contributed by atoms with Crippen molar-refractivity contribution in [1.29, 1.82) is 0 Å². The third-order valence-corrected chi connectivity index (χ3v) is 9.39. The van der Waals surface area contributed by atoms with Crippen LogP contribution in [0, 0.1) is 11.3 Å². The van der Waals surface area contributed by atoms with Crippen molar-refractivity contribution in [2.75, 3.05) is 32.7 Å². The number of unbranched alkanes of at least 4 members (excludes halogenated alkanes) is 1. The molecule has 1 N–H and O–H groups in total. The van der Waals surface area contributed by atoms with Gasteiger partial charge in [-0.1, -0.05) is 92.1 Å². The van der Waals surface area contributed by atoms with E-state index in [9.17, 15) is 0 Å². The number of hydrogen-bond donors (Lipinski definition) is 1. The van der Waals surface area contributed by atoms with Gasteiger partial charge in [0, 0.05) is 42.7 Å². The lowest BCUT2D eigenvalue weighted by atomic mass is 9.83. The summed E-state index contributed by atoms with van der Waals surface area (Å²) in [5, 5.41) is 5.29. The molecule has 0 spiro atoms. The van der Waals surface area contributed by atoms with E-state index in [0.717, 1.165) is 25.4 Å². The van der Waals surface area contributed by atoms with Crippen LogP contribution in [0.25, 0.3) is 0 Å². The maximum atomic E-state index is 4.45. The molecule has 35 heavy (non-hydrogen) atoms. The molecule has 0 aromatic rings. The van der Waals surface area contributed by atoms with E-state index < -0.39 is 0 Å². The highest BCUT2D eigenvalue weighted by Gasteiger charge is 2.35. The molecule has 0 amide bonds. The van der Waals surface area contributed by atoms with Crippen LogP contribution in [0.3, 0.4) is 0 Å². The average Bonchev–Trinajstić information content (AvgIpc) is 3.10. The SMILES string of the molecule is C=C(CC(C)(C)C)N1CCN(CCCCC2(C)SC(NC3CCCCC3CC)=CC2=C)CC1.CC. The van der Waals surface area contributed by atoms with E-state index in [1.807, 2.05) is 25.6 Å². The Balaban J connectivity index is 0.00000210. The summed E-state index contributed by atoms with van der Waals surface area (Å²) in [5.74, 6) is 0.839. The van der Waals surface area contributed by atoms with Gasteiger partial charge < -0.3 is 10.2 Å². The quantitative estimate of drug-likeness (QED) is 0.303. The highest BCUT2D eigenvalue weighted by molar-refractivity contribution is 8.04. The van der Waals surface area contributed by atoms with Crippen molar-refractivity contribution in [2.24, 2.45) is 11.3 Å². The molecule has 4 heteroatoms. The molecular weight excluding hydrogens is 446 g/mol. The molecule has 3 unspecified atom stereocenters. The van der Waals surface area contributed by atoms with Crippen LogP contribution in [0.4, 0.5) is 0 Å². The van der Waals surface area contributed by atoms with Gasteiger partial charge in [0.1, 0.15) is 0 Å². The lowest BCUT2D eigenvalue weighted by molar-refractivity contribution is 0.148. The maximum Gasteiger partial charge on any atom is 0.0695 e. The van der Waals surface area contributed by atoms with Crippen LogP contribution in [0.1, 0.15) is 106 Å². The van der Waals surface area contributed by atoms with Gasteiger partial charge in [0.25, 0.3) is 0 Å². The largest absolute Gasteiger partial charge is 0.377 e. The Morgan fingerprint density at radius 2 is 1.77 bits per heavy atom. The van der Waals surface area contributed by atoms with Gasteiger partial charge in [-0.15, -0.1) is 0 Å². The van der Waals surface area contributed by atoms with Gasteiger partial charge in [-0.2, -0.15) is 0 Å². The fourth-order valence-electron chi connectivity index (χ4n) is 5.81. The monoisotopic (exact) mass is 503 g/mol. The second-order valence-corrected chi connectivity index (χ2v) is 13.7. The number of allylic oxidation sites excluding steroid dienone is 2. The minimum Gasteiger partial charge on any atom is -0.377 e. The van der Waals surface area contributed by atoms with Crippen LogP contribution >= 0.6 is 11.8 Å².